The van der Waals surface area contributed by atoms with Gasteiger partial charge >= 0.3 is 0 Å². The predicted octanol–water partition coefficient (Wildman–Crippen LogP) is 2.17. The average molecular weight is 238 g/mol. The first kappa shape index (κ1) is 13.9. The van der Waals surface area contributed by atoms with E-state index in [1.165, 1.54) is 0 Å². The van der Waals surface area contributed by atoms with E-state index in [2.05, 4.69) is 31.1 Å². The molecule has 96 valence electrons. The highest BCUT2D eigenvalue weighted by Crippen LogP contribution is 2.29. The molecule has 17 heavy (non-hydrogen) atoms. The van der Waals surface area contributed by atoms with Gasteiger partial charge in [0, 0.05) is 13.3 Å². The normalized spacial score (nSPS) is 13.5. The highest BCUT2D eigenvalue weighted by molar-refractivity contribution is 5.27. The van der Waals surface area contributed by atoms with Gasteiger partial charge in [-0.3, -0.25) is 4.98 Å². The summed E-state index contributed by atoms with van der Waals surface area (Å²) in [6.45, 7) is 7.06. The Bertz CT molecular complexity index is 353. The van der Waals surface area contributed by atoms with E-state index >= 15 is 0 Å². The summed E-state index contributed by atoms with van der Waals surface area (Å²) in [4.78, 5) is 4.19. The molecule has 1 rings (SSSR count). The maximum absolute atomic E-state index is 5.55. The van der Waals surface area contributed by atoms with Gasteiger partial charge in [0.25, 0.3) is 0 Å². The zero-order valence-corrected chi connectivity index (χ0v) is 11.3. The van der Waals surface area contributed by atoms with Crippen LogP contribution in [0.5, 0.6) is 5.75 Å². The number of hydrogen-bond acceptors (Lipinski definition) is 4. The van der Waals surface area contributed by atoms with Crippen molar-refractivity contribution in [1.29, 1.82) is 0 Å². The smallest absolute Gasteiger partial charge is 0.137 e. The number of ether oxygens (including phenoxy) is 2. The summed E-state index contributed by atoms with van der Waals surface area (Å²) in [6, 6.07) is 2.07. The lowest BCUT2D eigenvalue weighted by molar-refractivity contribution is -0.0108. The molecular weight excluding hydrogens is 216 g/mol. The molecule has 0 aliphatic rings. The van der Waals surface area contributed by atoms with E-state index < -0.39 is 0 Å². The molecule has 4 heteroatoms. The van der Waals surface area contributed by atoms with Crippen LogP contribution in [0.1, 0.15) is 32.4 Å². The first-order valence-corrected chi connectivity index (χ1v) is 5.82. The van der Waals surface area contributed by atoms with Crippen molar-refractivity contribution in [2.24, 2.45) is 0 Å². The van der Waals surface area contributed by atoms with Gasteiger partial charge in [0.1, 0.15) is 5.75 Å². The highest BCUT2D eigenvalue weighted by atomic mass is 16.5. The van der Waals surface area contributed by atoms with Gasteiger partial charge in [-0.15, -0.1) is 0 Å². The maximum atomic E-state index is 5.55. The summed E-state index contributed by atoms with van der Waals surface area (Å²) < 4.78 is 10.7. The molecule has 1 unspecified atom stereocenters. The summed E-state index contributed by atoms with van der Waals surface area (Å²) in [6.07, 6.45) is 3.54. The van der Waals surface area contributed by atoms with Gasteiger partial charge in [-0.25, -0.2) is 0 Å². The minimum Gasteiger partial charge on any atom is -0.495 e. The lowest BCUT2D eigenvalue weighted by Crippen LogP contribution is -2.40. The largest absolute Gasteiger partial charge is 0.495 e. The zero-order valence-electron chi connectivity index (χ0n) is 11.3. The van der Waals surface area contributed by atoms with Crippen molar-refractivity contribution in [1.82, 2.24) is 10.3 Å². The topological polar surface area (TPSA) is 43.4 Å². The van der Waals surface area contributed by atoms with Gasteiger partial charge in [-0.1, -0.05) is 6.92 Å². The van der Waals surface area contributed by atoms with Crippen LogP contribution in [-0.4, -0.2) is 31.3 Å². The van der Waals surface area contributed by atoms with Crippen LogP contribution in [0.3, 0.4) is 0 Å². The molecule has 0 aliphatic heterocycles. The number of likely N-dealkylation sites (N-methyl/N-ethyl adjacent to an activating group) is 1. The van der Waals surface area contributed by atoms with Crippen molar-refractivity contribution in [3.63, 3.8) is 0 Å². The van der Waals surface area contributed by atoms with E-state index in [1.807, 2.05) is 12.3 Å². The third kappa shape index (κ3) is 3.41. The van der Waals surface area contributed by atoms with Crippen LogP contribution < -0.4 is 10.1 Å². The summed E-state index contributed by atoms with van der Waals surface area (Å²) in [5.74, 6) is 0.761. The van der Waals surface area contributed by atoms with Crippen molar-refractivity contribution in [2.45, 2.75) is 32.4 Å². The molecule has 4 nitrogen and oxygen atoms in total. The summed E-state index contributed by atoms with van der Waals surface area (Å²) >= 11 is 0. The minimum atomic E-state index is -0.302. The number of rotatable bonds is 6. The average Bonchev–Trinajstić information content (AvgIpc) is 2.35. The Morgan fingerprint density at radius 3 is 2.59 bits per heavy atom. The van der Waals surface area contributed by atoms with Crippen LogP contribution in [0.15, 0.2) is 18.5 Å². The van der Waals surface area contributed by atoms with Crippen LogP contribution in [0.4, 0.5) is 0 Å². The number of aromatic nitrogens is 1. The molecule has 1 aromatic rings. The van der Waals surface area contributed by atoms with E-state index in [1.54, 1.807) is 20.4 Å². The van der Waals surface area contributed by atoms with Gasteiger partial charge in [0.05, 0.1) is 24.9 Å². The molecule has 0 saturated heterocycles. The Labute approximate surface area is 103 Å². The Balaban J connectivity index is 3.04. The number of nitrogens with zero attached hydrogens (tertiary/aromatic N) is 1. The SMILES string of the molecule is CCNC(c1cncc(OC)c1)C(C)(C)OC. The summed E-state index contributed by atoms with van der Waals surface area (Å²) in [5, 5.41) is 3.42. The molecular formula is C13H22N2O2. The molecule has 1 N–H and O–H groups in total. The number of pyridine rings is 1. The summed E-state index contributed by atoms with van der Waals surface area (Å²) in [5.41, 5.74) is 0.766. The Morgan fingerprint density at radius 2 is 2.06 bits per heavy atom. The Hall–Kier alpha value is -1.13. The lowest BCUT2D eigenvalue weighted by Gasteiger charge is -2.34. The van der Waals surface area contributed by atoms with Crippen LogP contribution in [0.2, 0.25) is 0 Å². The fraction of sp³-hybridized carbons (Fsp3) is 0.615. The molecule has 0 aliphatic carbocycles. The quantitative estimate of drug-likeness (QED) is 0.825. The van der Waals surface area contributed by atoms with E-state index in [-0.39, 0.29) is 11.6 Å². The molecule has 0 fully saturated rings. The second kappa shape index (κ2) is 5.98. The molecule has 0 saturated carbocycles. The highest BCUT2D eigenvalue weighted by Gasteiger charge is 2.30. The van der Waals surface area contributed by atoms with Gasteiger partial charge < -0.3 is 14.8 Å². The van der Waals surface area contributed by atoms with Gasteiger partial charge in [-0.05, 0) is 32.0 Å². The van der Waals surface area contributed by atoms with Crippen LogP contribution in [-0.2, 0) is 4.74 Å². The van der Waals surface area contributed by atoms with Crippen molar-refractivity contribution in [2.75, 3.05) is 20.8 Å². The molecule has 0 spiro atoms. The monoisotopic (exact) mass is 238 g/mol. The third-order valence-electron chi connectivity index (χ3n) is 2.93. The maximum Gasteiger partial charge on any atom is 0.137 e. The van der Waals surface area contributed by atoms with E-state index in [0.717, 1.165) is 17.9 Å². The Kier molecular flexibility index (Phi) is 4.90. The Morgan fingerprint density at radius 1 is 1.35 bits per heavy atom. The standard InChI is InChI=1S/C13H22N2O2/c1-6-15-12(13(2,3)17-5)10-7-11(16-4)9-14-8-10/h7-9,12,15H,6H2,1-5H3. The van der Waals surface area contributed by atoms with Crippen molar-refractivity contribution < 1.29 is 9.47 Å². The van der Waals surface area contributed by atoms with Crippen LogP contribution in [0.25, 0.3) is 0 Å². The van der Waals surface area contributed by atoms with E-state index in [0.29, 0.717) is 0 Å². The minimum absolute atomic E-state index is 0.0834. The van der Waals surface area contributed by atoms with E-state index in [4.69, 9.17) is 9.47 Å². The predicted molar refractivity (Wildman–Crippen MR) is 68.3 cm³/mol. The van der Waals surface area contributed by atoms with Crippen molar-refractivity contribution in [3.8, 4) is 5.75 Å². The summed E-state index contributed by atoms with van der Waals surface area (Å²) in [7, 11) is 3.36. The zero-order chi connectivity index (χ0) is 12.9. The second-order valence-corrected chi connectivity index (χ2v) is 4.46. The fourth-order valence-electron chi connectivity index (χ4n) is 1.79. The molecule has 0 amide bonds. The van der Waals surface area contributed by atoms with Crippen LogP contribution in [0, 0.1) is 0 Å². The van der Waals surface area contributed by atoms with Gasteiger partial charge in [0.15, 0.2) is 0 Å². The third-order valence-corrected chi connectivity index (χ3v) is 2.93. The van der Waals surface area contributed by atoms with Gasteiger partial charge in [-0.2, -0.15) is 0 Å². The number of methoxy groups -OCH3 is 2. The number of nitrogens with one attached hydrogen (secondary N) is 1. The first-order chi connectivity index (χ1) is 8.05. The molecule has 0 aromatic carbocycles. The van der Waals surface area contributed by atoms with Crippen molar-refractivity contribution >= 4 is 0 Å². The lowest BCUT2D eigenvalue weighted by atomic mass is 9.92. The molecule has 1 atom stereocenters. The van der Waals surface area contributed by atoms with E-state index in [9.17, 15) is 0 Å². The number of hydrogen-bond donors (Lipinski definition) is 1. The van der Waals surface area contributed by atoms with Crippen LogP contribution >= 0.6 is 0 Å². The second-order valence-electron chi connectivity index (χ2n) is 4.46. The molecule has 1 heterocycles. The molecule has 1 aromatic heterocycles. The molecule has 0 bridgehead atoms. The molecule has 0 radical (unpaired) electrons. The first-order valence-electron chi connectivity index (χ1n) is 5.82. The fourth-order valence-corrected chi connectivity index (χ4v) is 1.79. The van der Waals surface area contributed by atoms with Crippen molar-refractivity contribution in [3.05, 3.63) is 24.0 Å². The van der Waals surface area contributed by atoms with Gasteiger partial charge in [0.2, 0.25) is 0 Å².